The number of aryl methyl sites for hydroxylation is 1. The van der Waals surface area contributed by atoms with Crippen LogP contribution in [0.4, 0.5) is 18.9 Å². The molecule has 3 nitrogen and oxygen atoms in total. The van der Waals surface area contributed by atoms with Crippen molar-refractivity contribution in [2.75, 3.05) is 24.7 Å². The summed E-state index contributed by atoms with van der Waals surface area (Å²) in [5, 5.41) is 3.64. The molecule has 0 fully saturated rings. The predicted octanol–water partition coefficient (Wildman–Crippen LogP) is 3.55. The van der Waals surface area contributed by atoms with Gasteiger partial charge in [0.25, 0.3) is 0 Å². The van der Waals surface area contributed by atoms with Crippen molar-refractivity contribution in [2.45, 2.75) is 33.9 Å². The highest BCUT2D eigenvalue weighted by Gasteiger charge is 2.33. The zero-order valence-electron chi connectivity index (χ0n) is 14.1. The smallest absolute Gasteiger partial charge is 0.398 e. The zero-order chi connectivity index (χ0) is 18.5. The summed E-state index contributed by atoms with van der Waals surface area (Å²) in [4.78, 5) is 8.81. The van der Waals surface area contributed by atoms with E-state index >= 15 is 0 Å². The first kappa shape index (κ1) is 24.6. The third-order valence-corrected chi connectivity index (χ3v) is 3.89. The first-order chi connectivity index (χ1) is 10.6. The quantitative estimate of drug-likeness (QED) is 0.369. The maximum atomic E-state index is 12.3. The van der Waals surface area contributed by atoms with Gasteiger partial charge in [-0.3, -0.25) is 0 Å². The Labute approximate surface area is 141 Å². The highest BCUT2D eigenvalue weighted by Crippen LogP contribution is 2.33. The average Bonchev–Trinajstić information content (AvgIpc) is 2.44. The van der Waals surface area contributed by atoms with Gasteiger partial charge in [-0.25, -0.2) is 0 Å². The largest absolute Gasteiger partial charge is 0.418 e. The molecular formula is C15H27F3N2OP2. The fourth-order valence-corrected chi connectivity index (χ4v) is 2.49. The molecule has 8 heteroatoms. The van der Waals surface area contributed by atoms with Crippen LogP contribution in [0, 0.1) is 6.92 Å². The molecule has 2 atom stereocenters. The standard InChI is InChI=1S/C8H9F3NP.C5H14NP.C2H4O/c1-4-2-5(8(9,10)11)7(12)6(13)3-4;1-3-6-5-7-4-2;1-2-3/h2-3H,12-13H2,1H3;6-7H,3-5H2,1-2H3;2H,1H3. The minimum atomic E-state index is -4.37. The van der Waals surface area contributed by atoms with Crippen molar-refractivity contribution >= 4 is 35.1 Å². The van der Waals surface area contributed by atoms with Crippen LogP contribution in [0.1, 0.15) is 31.9 Å². The Bertz CT molecular complexity index is 451. The summed E-state index contributed by atoms with van der Waals surface area (Å²) < 4.78 is 37.0. The maximum Gasteiger partial charge on any atom is 0.418 e. The van der Waals surface area contributed by atoms with Gasteiger partial charge in [-0.1, -0.05) is 19.9 Å². The van der Waals surface area contributed by atoms with E-state index in [2.05, 4.69) is 28.4 Å². The number of aldehydes is 1. The van der Waals surface area contributed by atoms with E-state index in [1.165, 1.54) is 19.4 Å². The van der Waals surface area contributed by atoms with Crippen LogP contribution in [0.25, 0.3) is 0 Å². The molecule has 0 saturated carbocycles. The topological polar surface area (TPSA) is 55.1 Å². The predicted molar refractivity (Wildman–Crippen MR) is 99.1 cm³/mol. The first-order valence-corrected chi connectivity index (χ1v) is 9.18. The van der Waals surface area contributed by atoms with Crippen molar-refractivity contribution in [3.05, 3.63) is 23.3 Å². The second-order valence-electron chi connectivity index (χ2n) is 4.43. The van der Waals surface area contributed by atoms with Crippen molar-refractivity contribution in [1.82, 2.24) is 5.32 Å². The number of alkyl halides is 3. The molecule has 0 aliphatic heterocycles. The summed E-state index contributed by atoms with van der Waals surface area (Å²) in [6.07, 6.45) is -1.08. The first-order valence-electron chi connectivity index (χ1n) is 7.19. The van der Waals surface area contributed by atoms with Gasteiger partial charge in [-0.15, -0.1) is 17.8 Å². The molecule has 0 spiro atoms. The Kier molecular flexibility index (Phi) is 14.6. The lowest BCUT2D eigenvalue weighted by Crippen LogP contribution is -2.14. The van der Waals surface area contributed by atoms with E-state index in [1.807, 2.05) is 0 Å². The minimum absolute atomic E-state index is 0.219. The van der Waals surface area contributed by atoms with Gasteiger partial charge in [0.2, 0.25) is 0 Å². The number of halogens is 3. The van der Waals surface area contributed by atoms with Gasteiger partial charge in [0.15, 0.2) is 0 Å². The zero-order valence-corrected chi connectivity index (χ0v) is 16.2. The Morgan fingerprint density at radius 2 is 1.87 bits per heavy atom. The number of hydrogen-bond acceptors (Lipinski definition) is 3. The van der Waals surface area contributed by atoms with Crippen molar-refractivity contribution in [2.24, 2.45) is 0 Å². The van der Waals surface area contributed by atoms with Crippen molar-refractivity contribution in [3.63, 3.8) is 0 Å². The molecule has 0 heterocycles. The fourth-order valence-electron chi connectivity index (χ4n) is 1.40. The van der Waals surface area contributed by atoms with Crippen LogP contribution in [0.15, 0.2) is 12.1 Å². The SMILES string of the molecule is CC=O.CCNCPCC.Cc1cc(P)c(N)c(C(F)(F)F)c1. The number of carbonyl (C=O) groups excluding carboxylic acids is 1. The third kappa shape index (κ3) is 12.4. The lowest BCUT2D eigenvalue weighted by Gasteiger charge is -2.12. The lowest BCUT2D eigenvalue weighted by molar-refractivity contribution is -0.136. The molecule has 2 unspecified atom stereocenters. The molecular weight excluding hydrogens is 343 g/mol. The second kappa shape index (κ2) is 13.7. The van der Waals surface area contributed by atoms with E-state index in [4.69, 9.17) is 10.5 Å². The molecule has 0 aromatic heterocycles. The summed E-state index contributed by atoms with van der Waals surface area (Å²) in [5.74, 6) is 0. The number of rotatable bonds is 4. The summed E-state index contributed by atoms with van der Waals surface area (Å²) in [6, 6.07) is 2.64. The van der Waals surface area contributed by atoms with Crippen LogP contribution in [0.2, 0.25) is 0 Å². The number of nitrogen functional groups attached to an aromatic ring is 1. The van der Waals surface area contributed by atoms with E-state index in [9.17, 15) is 13.2 Å². The van der Waals surface area contributed by atoms with Crippen molar-refractivity contribution in [1.29, 1.82) is 0 Å². The van der Waals surface area contributed by atoms with Gasteiger partial charge < -0.3 is 15.8 Å². The molecule has 0 bridgehead atoms. The van der Waals surface area contributed by atoms with Gasteiger partial charge in [0, 0.05) is 6.29 Å². The van der Waals surface area contributed by atoms with Crippen LogP contribution < -0.4 is 16.4 Å². The molecule has 0 aliphatic rings. The Balaban J connectivity index is 0. The monoisotopic (exact) mass is 370 g/mol. The molecule has 134 valence electrons. The van der Waals surface area contributed by atoms with Crippen LogP contribution in [0.3, 0.4) is 0 Å². The lowest BCUT2D eigenvalue weighted by atomic mass is 10.1. The van der Waals surface area contributed by atoms with Gasteiger partial charge in [-0.05, 0) is 43.5 Å². The molecule has 1 aromatic rings. The normalized spacial score (nSPS) is 10.6. The second-order valence-corrected chi connectivity index (χ2v) is 6.62. The Morgan fingerprint density at radius 3 is 2.26 bits per heavy atom. The number of nitrogens with one attached hydrogen (secondary N) is 1. The van der Waals surface area contributed by atoms with Gasteiger partial charge >= 0.3 is 6.18 Å². The van der Waals surface area contributed by atoms with Gasteiger partial charge in [-0.2, -0.15) is 13.2 Å². The highest BCUT2D eigenvalue weighted by atomic mass is 31.1. The molecule has 1 aromatic carbocycles. The van der Waals surface area contributed by atoms with E-state index in [-0.39, 0.29) is 5.69 Å². The highest BCUT2D eigenvalue weighted by molar-refractivity contribution is 7.37. The summed E-state index contributed by atoms with van der Waals surface area (Å²) >= 11 is 0. The molecule has 0 saturated heterocycles. The third-order valence-electron chi connectivity index (χ3n) is 2.41. The van der Waals surface area contributed by atoms with Crippen LogP contribution >= 0.6 is 17.8 Å². The van der Waals surface area contributed by atoms with Gasteiger partial charge in [0.05, 0.1) is 11.3 Å². The average molecular weight is 370 g/mol. The molecule has 1 rings (SSSR count). The fraction of sp³-hybridized carbons (Fsp3) is 0.533. The number of hydrogen-bond donors (Lipinski definition) is 2. The number of carbonyl (C=O) groups is 1. The molecule has 3 N–H and O–H groups in total. The van der Waals surface area contributed by atoms with Crippen LogP contribution in [-0.2, 0) is 11.0 Å². The minimum Gasteiger partial charge on any atom is -0.398 e. The number of nitrogens with two attached hydrogens (primary N) is 1. The van der Waals surface area contributed by atoms with E-state index in [1.54, 1.807) is 13.0 Å². The van der Waals surface area contributed by atoms with Crippen molar-refractivity contribution in [3.8, 4) is 0 Å². The summed E-state index contributed by atoms with van der Waals surface area (Å²) in [6.45, 7) is 8.52. The Hall–Kier alpha value is -0.700. The number of anilines is 1. The maximum absolute atomic E-state index is 12.3. The van der Waals surface area contributed by atoms with Gasteiger partial charge in [0.1, 0.15) is 6.29 Å². The molecule has 0 aliphatic carbocycles. The van der Waals surface area contributed by atoms with E-state index < -0.39 is 11.7 Å². The van der Waals surface area contributed by atoms with E-state index in [0.717, 1.165) is 27.5 Å². The van der Waals surface area contributed by atoms with Crippen molar-refractivity contribution < 1.29 is 18.0 Å². The molecule has 0 radical (unpaired) electrons. The molecule has 23 heavy (non-hydrogen) atoms. The molecule has 0 amide bonds. The number of benzene rings is 1. The van der Waals surface area contributed by atoms with E-state index in [0.29, 0.717) is 10.9 Å². The summed E-state index contributed by atoms with van der Waals surface area (Å²) in [5.41, 5.74) is 4.86. The summed E-state index contributed by atoms with van der Waals surface area (Å²) in [7, 11) is 3.30. The van der Waals surface area contributed by atoms with Crippen LogP contribution in [0.5, 0.6) is 0 Å². The Morgan fingerprint density at radius 1 is 1.35 bits per heavy atom. The van der Waals surface area contributed by atoms with Crippen LogP contribution in [-0.4, -0.2) is 25.3 Å².